The number of hydrogen-bond donors (Lipinski definition) is 3. The van der Waals surface area contributed by atoms with Gasteiger partial charge in [-0.05, 0) is 51.4 Å². The minimum Gasteiger partial charge on any atom is -0.462 e. The summed E-state index contributed by atoms with van der Waals surface area (Å²) in [6.45, 7) is 2.25. The highest BCUT2D eigenvalue weighted by Crippen LogP contribution is 2.43. The lowest BCUT2D eigenvalue weighted by molar-refractivity contribution is -0.161. The SMILES string of the molecule is CC/C=C\C/C=C\C/C=C\C/C=C\CCCCCCC(=O)OC(COC(=O)CCCCCCCCCCCCCCCCCCC)COP(=O)(O)OCC(O)CO. The van der Waals surface area contributed by atoms with E-state index in [1.807, 2.05) is 0 Å². The maximum atomic E-state index is 12.6. The molecule has 3 atom stereocenters. The topological polar surface area (TPSA) is 149 Å². The summed E-state index contributed by atoms with van der Waals surface area (Å²) in [4.78, 5) is 35.0. The number of hydrogen-bond acceptors (Lipinski definition) is 9. The van der Waals surface area contributed by atoms with Crippen LogP contribution in [0.5, 0.6) is 0 Å². The minimum absolute atomic E-state index is 0.156. The molecular weight excluding hydrogens is 743 g/mol. The van der Waals surface area contributed by atoms with Gasteiger partial charge in [0.1, 0.15) is 12.7 Å². The van der Waals surface area contributed by atoms with Gasteiger partial charge in [-0.2, -0.15) is 0 Å². The number of rotatable bonds is 42. The van der Waals surface area contributed by atoms with Crippen LogP contribution in [0.15, 0.2) is 48.6 Å². The fraction of sp³-hybridized carbons (Fsp3) is 0.783. The van der Waals surface area contributed by atoms with Crippen molar-refractivity contribution in [2.45, 2.75) is 206 Å². The van der Waals surface area contributed by atoms with Crippen LogP contribution in [0.4, 0.5) is 0 Å². The quantitative estimate of drug-likeness (QED) is 0.0235. The zero-order valence-corrected chi connectivity index (χ0v) is 36.9. The number of aliphatic hydroxyl groups excluding tert-OH is 2. The molecule has 0 amide bonds. The smallest absolute Gasteiger partial charge is 0.462 e. The van der Waals surface area contributed by atoms with Crippen molar-refractivity contribution in [1.29, 1.82) is 0 Å². The molecule has 3 unspecified atom stereocenters. The lowest BCUT2D eigenvalue weighted by Gasteiger charge is -2.20. The van der Waals surface area contributed by atoms with Crippen molar-refractivity contribution in [3.63, 3.8) is 0 Å². The molecule has 57 heavy (non-hydrogen) atoms. The number of allylic oxidation sites excluding steroid dienone is 8. The normalized spacial score (nSPS) is 14.3. The van der Waals surface area contributed by atoms with Gasteiger partial charge in [0.05, 0.1) is 19.8 Å². The predicted molar refractivity (Wildman–Crippen MR) is 233 cm³/mol. The van der Waals surface area contributed by atoms with E-state index in [0.29, 0.717) is 12.8 Å². The van der Waals surface area contributed by atoms with Gasteiger partial charge in [-0.1, -0.05) is 178 Å². The zero-order chi connectivity index (χ0) is 41.9. The third-order valence-electron chi connectivity index (χ3n) is 9.50. The molecule has 0 aromatic carbocycles. The van der Waals surface area contributed by atoms with E-state index in [9.17, 15) is 24.2 Å². The maximum absolute atomic E-state index is 12.6. The lowest BCUT2D eigenvalue weighted by Crippen LogP contribution is -2.29. The van der Waals surface area contributed by atoms with E-state index >= 15 is 0 Å². The maximum Gasteiger partial charge on any atom is 0.472 e. The second-order valence-corrected chi connectivity index (χ2v) is 16.5. The van der Waals surface area contributed by atoms with Crippen molar-refractivity contribution in [3.8, 4) is 0 Å². The molecule has 0 spiro atoms. The molecule has 0 aliphatic heterocycles. The van der Waals surface area contributed by atoms with Crippen molar-refractivity contribution in [3.05, 3.63) is 48.6 Å². The zero-order valence-electron chi connectivity index (χ0n) is 36.0. The fourth-order valence-electron chi connectivity index (χ4n) is 6.04. The molecule has 3 N–H and O–H groups in total. The second-order valence-electron chi connectivity index (χ2n) is 15.1. The van der Waals surface area contributed by atoms with E-state index < -0.39 is 51.8 Å². The van der Waals surface area contributed by atoms with Gasteiger partial charge < -0.3 is 24.6 Å². The summed E-state index contributed by atoms with van der Waals surface area (Å²) in [5.41, 5.74) is 0. The Morgan fingerprint density at radius 1 is 0.544 bits per heavy atom. The Kier molecular flexibility index (Phi) is 40.5. The van der Waals surface area contributed by atoms with Crippen molar-refractivity contribution < 1.29 is 47.8 Å². The summed E-state index contributed by atoms with van der Waals surface area (Å²) in [7, 11) is -4.63. The lowest BCUT2D eigenvalue weighted by atomic mass is 10.0. The van der Waals surface area contributed by atoms with Crippen molar-refractivity contribution in [1.82, 2.24) is 0 Å². The van der Waals surface area contributed by atoms with Gasteiger partial charge in [-0.15, -0.1) is 0 Å². The molecule has 0 radical (unpaired) electrons. The molecule has 0 aliphatic carbocycles. The number of aliphatic hydroxyl groups is 2. The molecule has 0 fully saturated rings. The number of ether oxygens (including phenoxy) is 2. The van der Waals surface area contributed by atoms with Crippen LogP contribution < -0.4 is 0 Å². The average molecular weight is 827 g/mol. The molecule has 0 bridgehead atoms. The summed E-state index contributed by atoms with van der Waals surface area (Å²) >= 11 is 0. The number of carbonyl (C=O) groups excluding carboxylic acids is 2. The van der Waals surface area contributed by atoms with Crippen LogP contribution in [0, 0.1) is 0 Å². The van der Waals surface area contributed by atoms with Gasteiger partial charge >= 0.3 is 19.8 Å². The van der Waals surface area contributed by atoms with Gasteiger partial charge in [-0.3, -0.25) is 18.6 Å². The Morgan fingerprint density at radius 2 is 0.965 bits per heavy atom. The molecule has 0 saturated heterocycles. The molecule has 0 heterocycles. The Morgan fingerprint density at radius 3 is 1.46 bits per heavy atom. The number of phosphoric ester groups is 1. The highest BCUT2D eigenvalue weighted by atomic mass is 31.2. The first-order chi connectivity index (χ1) is 27.7. The van der Waals surface area contributed by atoms with Gasteiger partial charge in [0.25, 0.3) is 0 Å². The van der Waals surface area contributed by atoms with E-state index in [1.54, 1.807) is 0 Å². The van der Waals surface area contributed by atoms with E-state index in [4.69, 9.17) is 23.6 Å². The first kappa shape index (κ1) is 54.9. The van der Waals surface area contributed by atoms with Crippen LogP contribution in [0.2, 0.25) is 0 Å². The van der Waals surface area contributed by atoms with Crippen LogP contribution >= 0.6 is 7.82 Å². The van der Waals surface area contributed by atoms with Crippen LogP contribution in [-0.4, -0.2) is 65.7 Å². The Hall–Kier alpha value is -2.07. The Balaban J connectivity index is 4.30. The summed E-state index contributed by atoms with van der Waals surface area (Å²) in [5, 5.41) is 18.3. The van der Waals surface area contributed by atoms with Gasteiger partial charge in [0.15, 0.2) is 6.10 Å². The number of carbonyl (C=O) groups is 2. The number of unbranched alkanes of at least 4 members (excludes halogenated alkanes) is 20. The molecule has 0 aliphatic rings. The standard InChI is InChI=1S/C46H83O10P/c1-3-5-7-9-11-13-15-17-19-21-23-25-27-29-31-33-35-37-45(49)53-41-44(42-55-57(51,52)54-40-43(48)39-47)56-46(50)38-36-34-32-30-28-26-24-22-20-18-16-14-12-10-8-6-4-2/h6,8,12,14,18,20,24,26,43-44,47-48H,3-5,7,9-11,13,15-17,19,21-23,25,27-42H2,1-2H3,(H,51,52)/b8-6-,14-12-,20-18-,26-24-. The van der Waals surface area contributed by atoms with E-state index in [2.05, 4.69) is 62.5 Å². The Bertz CT molecular complexity index is 1090. The molecule has 11 heteroatoms. The molecule has 10 nitrogen and oxygen atoms in total. The van der Waals surface area contributed by atoms with E-state index in [0.717, 1.165) is 70.6 Å². The van der Waals surface area contributed by atoms with Crippen molar-refractivity contribution >= 4 is 19.8 Å². The highest BCUT2D eigenvalue weighted by Gasteiger charge is 2.27. The number of phosphoric acid groups is 1. The van der Waals surface area contributed by atoms with Gasteiger partial charge in [0, 0.05) is 12.8 Å². The molecular formula is C46H83O10P. The summed E-state index contributed by atoms with van der Waals surface area (Å²) in [6.07, 6.45) is 45.0. The van der Waals surface area contributed by atoms with Gasteiger partial charge in [0.2, 0.25) is 0 Å². The fourth-order valence-corrected chi connectivity index (χ4v) is 6.83. The average Bonchev–Trinajstić information content (AvgIpc) is 3.20. The molecule has 332 valence electrons. The van der Waals surface area contributed by atoms with Crippen molar-refractivity contribution in [2.24, 2.45) is 0 Å². The summed E-state index contributed by atoms with van der Waals surface area (Å²) < 4.78 is 32.7. The summed E-state index contributed by atoms with van der Waals surface area (Å²) in [6, 6.07) is 0. The second kappa shape index (κ2) is 42.1. The summed E-state index contributed by atoms with van der Waals surface area (Å²) in [5.74, 6) is -0.948. The van der Waals surface area contributed by atoms with Crippen LogP contribution in [-0.2, 0) is 32.7 Å². The van der Waals surface area contributed by atoms with Crippen LogP contribution in [0.3, 0.4) is 0 Å². The van der Waals surface area contributed by atoms with E-state index in [1.165, 1.54) is 83.5 Å². The third-order valence-corrected chi connectivity index (χ3v) is 10.4. The third kappa shape index (κ3) is 41.9. The Labute approximate surface area is 347 Å². The minimum atomic E-state index is -4.63. The molecule has 0 aromatic rings. The van der Waals surface area contributed by atoms with Crippen LogP contribution in [0.1, 0.15) is 194 Å². The first-order valence-electron chi connectivity index (χ1n) is 22.6. The van der Waals surface area contributed by atoms with E-state index in [-0.39, 0.29) is 19.4 Å². The molecule has 0 saturated carbocycles. The number of esters is 2. The van der Waals surface area contributed by atoms with Crippen LogP contribution in [0.25, 0.3) is 0 Å². The monoisotopic (exact) mass is 827 g/mol. The molecule has 0 rings (SSSR count). The first-order valence-corrected chi connectivity index (χ1v) is 24.1. The predicted octanol–water partition coefficient (Wildman–Crippen LogP) is 12.1. The largest absolute Gasteiger partial charge is 0.472 e. The van der Waals surface area contributed by atoms with Crippen molar-refractivity contribution in [2.75, 3.05) is 26.4 Å². The highest BCUT2D eigenvalue weighted by molar-refractivity contribution is 7.47. The van der Waals surface area contributed by atoms with Gasteiger partial charge in [-0.25, -0.2) is 4.57 Å². The molecule has 0 aromatic heterocycles.